The van der Waals surface area contributed by atoms with Gasteiger partial charge in [-0.25, -0.2) is 13.8 Å². The van der Waals surface area contributed by atoms with E-state index in [0.29, 0.717) is 30.7 Å². The van der Waals surface area contributed by atoms with Gasteiger partial charge in [0.15, 0.2) is 0 Å². The number of nitrogens with one attached hydrogen (secondary N) is 2. The van der Waals surface area contributed by atoms with Gasteiger partial charge in [0.1, 0.15) is 17.6 Å². The van der Waals surface area contributed by atoms with Gasteiger partial charge >= 0.3 is 0 Å². The number of fused-ring (bicyclic) bond motifs is 1. The molecule has 2 aliphatic rings. The van der Waals surface area contributed by atoms with Gasteiger partial charge < -0.3 is 20.5 Å². The molecule has 0 bridgehead atoms. The van der Waals surface area contributed by atoms with E-state index >= 15 is 0 Å². The lowest BCUT2D eigenvalue weighted by molar-refractivity contribution is -0.120. The first-order chi connectivity index (χ1) is 16.9. The maximum Gasteiger partial charge on any atom is 0.218 e. The van der Waals surface area contributed by atoms with Gasteiger partial charge in [-0.15, -0.1) is 0 Å². The van der Waals surface area contributed by atoms with Crippen LogP contribution in [0.2, 0.25) is 0 Å². The Morgan fingerprint density at radius 3 is 2.64 bits per heavy atom. The van der Waals surface area contributed by atoms with E-state index in [1.54, 1.807) is 12.1 Å². The number of aliphatic hydroxyl groups excluding tert-OH is 1. The molecule has 8 heteroatoms. The van der Waals surface area contributed by atoms with Crippen molar-refractivity contribution in [3.63, 3.8) is 0 Å². The number of hydrogen-bond acceptors (Lipinski definition) is 5. The fourth-order valence-electron chi connectivity index (χ4n) is 5.33. The average Bonchev–Trinajstić information content (AvgIpc) is 2.75. The number of aromatic nitrogens is 1. The lowest BCUT2D eigenvalue weighted by Crippen LogP contribution is -2.55. The Morgan fingerprint density at radius 2 is 2.00 bits per heavy atom. The Balaban J connectivity index is 1.51. The second-order valence-corrected chi connectivity index (χ2v) is 11.6. The van der Waals surface area contributed by atoms with Crippen LogP contribution in [0.4, 0.5) is 8.78 Å². The van der Waals surface area contributed by atoms with Crippen LogP contribution < -0.4 is 15.4 Å². The largest absolute Gasteiger partial charge is 0.471 e. The molecule has 1 aliphatic heterocycles. The highest BCUT2D eigenvalue weighted by molar-refractivity contribution is 5.73. The number of amides is 1. The van der Waals surface area contributed by atoms with Crippen LogP contribution in [-0.2, 0) is 17.6 Å². The van der Waals surface area contributed by atoms with E-state index in [2.05, 4.69) is 42.5 Å². The highest BCUT2D eigenvalue weighted by Gasteiger charge is 2.51. The van der Waals surface area contributed by atoms with Crippen LogP contribution in [-0.4, -0.2) is 46.5 Å². The topological polar surface area (TPSA) is 83.5 Å². The van der Waals surface area contributed by atoms with Gasteiger partial charge in [-0.2, -0.15) is 0 Å². The van der Waals surface area contributed by atoms with Gasteiger partial charge in [-0.3, -0.25) is 4.79 Å². The van der Waals surface area contributed by atoms with Gasteiger partial charge in [0.05, 0.1) is 12.1 Å². The minimum absolute atomic E-state index is 0.0870. The molecular formula is C28H37F2N3O3. The summed E-state index contributed by atoms with van der Waals surface area (Å²) in [5.41, 5.74) is 2.17. The quantitative estimate of drug-likeness (QED) is 0.505. The van der Waals surface area contributed by atoms with Gasteiger partial charge in [0, 0.05) is 50.5 Å². The first-order valence-electron chi connectivity index (χ1n) is 12.7. The van der Waals surface area contributed by atoms with E-state index in [1.165, 1.54) is 19.1 Å². The first-order valence-corrected chi connectivity index (χ1v) is 12.7. The number of carbonyl (C=O) groups is 1. The number of pyridine rings is 1. The molecule has 6 nitrogen and oxygen atoms in total. The number of benzene rings is 1. The third-order valence-electron chi connectivity index (χ3n) is 6.89. The van der Waals surface area contributed by atoms with Crippen molar-refractivity contribution in [1.29, 1.82) is 0 Å². The Kier molecular flexibility index (Phi) is 7.67. The minimum Gasteiger partial charge on any atom is -0.471 e. The van der Waals surface area contributed by atoms with Crippen LogP contribution in [0, 0.1) is 11.2 Å². The molecule has 1 saturated carbocycles. The number of ether oxygens (including phenoxy) is 1. The molecule has 1 amide bonds. The monoisotopic (exact) mass is 501 g/mol. The summed E-state index contributed by atoms with van der Waals surface area (Å²) in [6.45, 7) is 8.08. The molecule has 1 spiro atoms. The molecule has 0 saturated heterocycles. The SMILES string of the molecule is CC(=O)N[C@@H](Cc1cccc(F)c1)[C@H](O)CN[C@H]1CC2(CC(F)C2)Oc2ncc(CC(C)(C)C)cc21. The van der Waals surface area contributed by atoms with Crippen LogP contribution in [0.25, 0.3) is 0 Å². The first kappa shape index (κ1) is 26.5. The second-order valence-electron chi connectivity index (χ2n) is 11.6. The number of carbonyl (C=O) groups excluding carboxylic acids is 1. The summed E-state index contributed by atoms with van der Waals surface area (Å²) >= 11 is 0. The van der Waals surface area contributed by atoms with Gasteiger partial charge in [-0.05, 0) is 47.6 Å². The standard InChI is InChI=1S/C28H37F2N3O3/c1-17(34)33-23(10-18-6-5-7-20(29)8-18)25(35)16-31-24-14-28(12-21(30)13-28)36-26-22(24)9-19(15-32-26)11-27(2,3)4/h5-9,15,21,23-25,31,35H,10-14,16H2,1-4H3,(H,33,34)/t21?,23-,24-,25+,28?/m0/s1. The van der Waals surface area contributed by atoms with Crippen molar-refractivity contribution in [1.82, 2.24) is 15.6 Å². The smallest absolute Gasteiger partial charge is 0.218 e. The normalized spacial score (nSPS) is 24.9. The van der Waals surface area contributed by atoms with Crippen molar-refractivity contribution >= 4 is 5.91 Å². The Bertz CT molecular complexity index is 1080. The maximum absolute atomic E-state index is 13.8. The Hall–Kier alpha value is -2.58. The van der Waals surface area contributed by atoms with Crippen LogP contribution in [0.3, 0.4) is 0 Å². The number of hydrogen-bond donors (Lipinski definition) is 3. The summed E-state index contributed by atoms with van der Waals surface area (Å²) in [5.74, 6) is -0.128. The summed E-state index contributed by atoms with van der Waals surface area (Å²) in [5, 5.41) is 17.3. The number of nitrogens with zero attached hydrogens (tertiary/aromatic N) is 1. The molecule has 1 aromatic carbocycles. The molecular weight excluding hydrogens is 464 g/mol. The number of alkyl halides is 1. The van der Waals surface area contributed by atoms with E-state index < -0.39 is 23.9 Å². The summed E-state index contributed by atoms with van der Waals surface area (Å²) < 4.78 is 33.7. The lowest BCUT2D eigenvalue weighted by atomic mass is 9.72. The van der Waals surface area contributed by atoms with Crippen molar-refractivity contribution in [3.05, 3.63) is 59.0 Å². The van der Waals surface area contributed by atoms with E-state index in [9.17, 15) is 18.7 Å². The molecule has 3 atom stereocenters. The zero-order valence-corrected chi connectivity index (χ0v) is 21.5. The summed E-state index contributed by atoms with van der Waals surface area (Å²) in [7, 11) is 0. The van der Waals surface area contributed by atoms with Crippen molar-refractivity contribution in [3.8, 4) is 5.88 Å². The molecule has 196 valence electrons. The van der Waals surface area contributed by atoms with Crippen molar-refractivity contribution in [2.24, 2.45) is 5.41 Å². The molecule has 2 aromatic rings. The molecule has 0 radical (unpaired) electrons. The summed E-state index contributed by atoms with van der Waals surface area (Å²) in [6.07, 6.45) is 2.37. The zero-order valence-electron chi connectivity index (χ0n) is 21.5. The third kappa shape index (κ3) is 6.59. The van der Waals surface area contributed by atoms with Gasteiger partial charge in [0.25, 0.3) is 0 Å². The van der Waals surface area contributed by atoms with Crippen molar-refractivity contribution < 1.29 is 23.4 Å². The molecule has 2 heterocycles. The fourth-order valence-corrected chi connectivity index (χ4v) is 5.33. The molecule has 3 N–H and O–H groups in total. The van der Waals surface area contributed by atoms with E-state index in [-0.39, 0.29) is 36.1 Å². The minimum atomic E-state index is -0.930. The maximum atomic E-state index is 13.8. The second kappa shape index (κ2) is 10.4. The van der Waals surface area contributed by atoms with Crippen molar-refractivity contribution in [2.45, 2.75) is 89.8 Å². The zero-order chi connectivity index (χ0) is 26.1. The van der Waals surface area contributed by atoms with E-state index in [1.807, 2.05) is 6.20 Å². The van der Waals surface area contributed by atoms with Crippen LogP contribution in [0.1, 0.15) is 69.7 Å². The number of rotatable bonds is 8. The average molecular weight is 502 g/mol. The highest BCUT2D eigenvalue weighted by atomic mass is 19.1. The number of aliphatic hydroxyl groups is 1. The Morgan fingerprint density at radius 1 is 1.25 bits per heavy atom. The predicted molar refractivity (Wildman–Crippen MR) is 134 cm³/mol. The molecule has 1 fully saturated rings. The van der Waals surface area contributed by atoms with Crippen LogP contribution in [0.5, 0.6) is 5.88 Å². The summed E-state index contributed by atoms with van der Waals surface area (Å²) in [6, 6.07) is 7.44. The predicted octanol–water partition coefficient (Wildman–Crippen LogP) is 4.20. The summed E-state index contributed by atoms with van der Waals surface area (Å²) in [4.78, 5) is 16.4. The molecule has 1 aromatic heterocycles. The highest BCUT2D eigenvalue weighted by Crippen LogP contribution is 2.49. The molecule has 36 heavy (non-hydrogen) atoms. The lowest BCUT2D eigenvalue weighted by Gasteiger charge is -2.49. The fraction of sp³-hybridized carbons (Fsp3) is 0.571. The van der Waals surface area contributed by atoms with E-state index in [0.717, 1.165) is 17.5 Å². The third-order valence-corrected chi connectivity index (χ3v) is 6.89. The van der Waals surface area contributed by atoms with Gasteiger partial charge in [0.2, 0.25) is 11.8 Å². The molecule has 4 rings (SSSR count). The number of halogens is 2. The van der Waals surface area contributed by atoms with Crippen LogP contribution >= 0.6 is 0 Å². The van der Waals surface area contributed by atoms with Crippen molar-refractivity contribution in [2.75, 3.05) is 6.54 Å². The van der Waals surface area contributed by atoms with Gasteiger partial charge in [-0.1, -0.05) is 32.9 Å². The van der Waals surface area contributed by atoms with E-state index in [4.69, 9.17) is 4.74 Å². The van der Waals surface area contributed by atoms with Crippen LogP contribution in [0.15, 0.2) is 36.5 Å². The molecule has 1 aliphatic carbocycles. The Labute approximate surface area is 211 Å². The molecule has 0 unspecified atom stereocenters.